The molecule has 3 aromatic carbocycles. The Kier molecular flexibility index (Phi) is 6.20. The van der Waals surface area contributed by atoms with E-state index in [-0.39, 0.29) is 23.2 Å². The van der Waals surface area contributed by atoms with Crippen LogP contribution in [0.5, 0.6) is 0 Å². The molecule has 0 atom stereocenters. The summed E-state index contributed by atoms with van der Waals surface area (Å²) in [6.07, 6.45) is 0. The highest BCUT2D eigenvalue weighted by Crippen LogP contribution is 2.30. The van der Waals surface area contributed by atoms with Gasteiger partial charge >= 0.3 is 0 Å². The number of rotatable bonds is 7. The summed E-state index contributed by atoms with van der Waals surface area (Å²) in [6, 6.07) is 21.5. The summed E-state index contributed by atoms with van der Waals surface area (Å²) >= 11 is 2.66. The monoisotopic (exact) mass is 486 g/mol. The Morgan fingerprint density at radius 2 is 1.50 bits per heavy atom. The minimum atomic E-state index is -0.242. The fourth-order valence-electron chi connectivity index (χ4n) is 3.61. The maximum atomic E-state index is 12.9. The highest BCUT2D eigenvalue weighted by Gasteiger charge is 2.29. The zero-order valence-electron chi connectivity index (χ0n) is 17.8. The summed E-state index contributed by atoms with van der Waals surface area (Å²) < 4.78 is 0.675. The van der Waals surface area contributed by atoms with Crippen LogP contribution in [0, 0.1) is 0 Å². The van der Waals surface area contributed by atoms with E-state index < -0.39 is 0 Å². The Bertz CT molecular complexity index is 1400. The van der Waals surface area contributed by atoms with Crippen molar-refractivity contribution in [1.29, 1.82) is 0 Å². The molecule has 0 saturated heterocycles. The van der Waals surface area contributed by atoms with Gasteiger partial charge in [0.1, 0.15) is 0 Å². The number of nitrogens with one attached hydrogen (secondary N) is 2. The number of nitrogens with zero attached hydrogens (tertiary/aromatic N) is 2. The second-order valence-corrected chi connectivity index (χ2v) is 9.71. The number of hydrogen-bond acceptors (Lipinski definition) is 8. The summed E-state index contributed by atoms with van der Waals surface area (Å²) in [4.78, 5) is 38.0. The van der Waals surface area contributed by atoms with E-state index in [1.807, 2.05) is 30.3 Å². The van der Waals surface area contributed by atoms with Crippen molar-refractivity contribution in [2.24, 2.45) is 0 Å². The highest BCUT2D eigenvalue weighted by atomic mass is 32.2. The Hall–Kier alpha value is -3.82. The lowest BCUT2D eigenvalue weighted by Crippen LogP contribution is -2.21. The number of carbonyl (C=O) groups excluding carboxylic acids is 3. The number of hydrogen-bond donors (Lipinski definition) is 2. The van der Waals surface area contributed by atoms with Crippen LogP contribution in [0.25, 0.3) is 0 Å². The number of amides is 1. The topological polar surface area (TPSA) is 101 Å². The average molecular weight is 487 g/mol. The number of anilines is 2. The summed E-state index contributed by atoms with van der Waals surface area (Å²) in [5, 5.41) is 14.9. The molecule has 0 bridgehead atoms. The van der Waals surface area contributed by atoms with E-state index in [4.69, 9.17) is 0 Å². The fourth-order valence-corrected chi connectivity index (χ4v) is 5.16. The van der Waals surface area contributed by atoms with Gasteiger partial charge in [-0.25, -0.2) is 0 Å². The summed E-state index contributed by atoms with van der Waals surface area (Å²) in [5.41, 5.74) is 3.04. The van der Waals surface area contributed by atoms with Crippen LogP contribution < -0.4 is 10.6 Å². The molecule has 1 heterocycles. The first-order chi connectivity index (χ1) is 16.6. The maximum absolute atomic E-state index is 12.9. The Labute approximate surface area is 203 Å². The molecule has 0 radical (unpaired) electrons. The second kappa shape index (κ2) is 9.58. The van der Waals surface area contributed by atoms with Gasteiger partial charge in [0.05, 0.1) is 5.75 Å². The maximum Gasteiger partial charge on any atom is 0.234 e. The van der Waals surface area contributed by atoms with E-state index in [9.17, 15) is 14.4 Å². The minimum Gasteiger partial charge on any atom is -0.356 e. The van der Waals surface area contributed by atoms with Gasteiger partial charge in [-0.1, -0.05) is 77.7 Å². The average Bonchev–Trinajstić information content (AvgIpc) is 3.33. The number of ketones is 2. The number of thioether (sulfide) groups is 1. The first-order valence-corrected chi connectivity index (χ1v) is 12.2. The molecule has 1 aromatic heterocycles. The molecule has 2 N–H and O–H groups in total. The predicted molar refractivity (Wildman–Crippen MR) is 133 cm³/mol. The quantitative estimate of drug-likeness (QED) is 0.323. The Balaban J connectivity index is 1.19. The van der Waals surface area contributed by atoms with Gasteiger partial charge in [-0.05, 0) is 23.8 Å². The largest absolute Gasteiger partial charge is 0.356 e. The fraction of sp³-hybridized carbons (Fsp3) is 0.0800. The lowest BCUT2D eigenvalue weighted by atomic mass is 9.84. The van der Waals surface area contributed by atoms with Crippen LogP contribution in [-0.4, -0.2) is 33.4 Å². The molecule has 1 aliphatic carbocycles. The van der Waals surface area contributed by atoms with Crippen molar-refractivity contribution in [1.82, 2.24) is 10.2 Å². The van der Waals surface area contributed by atoms with E-state index >= 15 is 0 Å². The van der Waals surface area contributed by atoms with Crippen molar-refractivity contribution in [3.8, 4) is 0 Å². The highest BCUT2D eigenvalue weighted by molar-refractivity contribution is 8.01. The van der Waals surface area contributed by atoms with Gasteiger partial charge in [0.2, 0.25) is 11.0 Å². The molecule has 5 rings (SSSR count). The first-order valence-electron chi connectivity index (χ1n) is 10.4. The summed E-state index contributed by atoms with van der Waals surface area (Å²) in [6.45, 7) is 0.644. The third-order valence-corrected chi connectivity index (χ3v) is 7.24. The number of aromatic nitrogens is 2. The molecule has 1 aliphatic rings. The third kappa shape index (κ3) is 4.61. The molecule has 0 spiro atoms. The zero-order chi connectivity index (χ0) is 23.5. The Morgan fingerprint density at radius 1 is 0.824 bits per heavy atom. The van der Waals surface area contributed by atoms with Crippen molar-refractivity contribution < 1.29 is 14.4 Å². The lowest BCUT2D eigenvalue weighted by molar-refractivity contribution is -0.113. The first kappa shape index (κ1) is 22.0. The van der Waals surface area contributed by atoms with E-state index in [1.165, 1.54) is 23.1 Å². The van der Waals surface area contributed by atoms with Crippen molar-refractivity contribution >= 4 is 51.4 Å². The standard InChI is InChI=1S/C25H18N4O3S2/c30-21(14-33-25-29-28-24(34-25)26-13-15-6-2-1-3-7-15)27-16-10-11-19-20(12-16)23(32)18-9-5-4-8-17(18)22(19)31/h1-12H,13-14H2,(H,26,28)(H,27,30). The zero-order valence-corrected chi connectivity index (χ0v) is 19.4. The molecule has 168 valence electrons. The van der Waals surface area contributed by atoms with Gasteiger partial charge < -0.3 is 10.6 Å². The van der Waals surface area contributed by atoms with Crippen LogP contribution in [0.3, 0.4) is 0 Å². The van der Waals surface area contributed by atoms with Crippen molar-refractivity contribution in [3.63, 3.8) is 0 Å². The number of fused-ring (bicyclic) bond motifs is 2. The van der Waals surface area contributed by atoms with E-state index in [0.29, 0.717) is 44.0 Å². The molecule has 34 heavy (non-hydrogen) atoms. The van der Waals surface area contributed by atoms with Crippen LogP contribution in [0.1, 0.15) is 37.4 Å². The molecule has 0 fully saturated rings. The Morgan fingerprint density at radius 3 is 2.26 bits per heavy atom. The third-order valence-electron chi connectivity index (χ3n) is 5.23. The minimum absolute atomic E-state index is 0.139. The van der Waals surface area contributed by atoms with Gasteiger partial charge in [0, 0.05) is 34.5 Å². The second-order valence-electron chi connectivity index (χ2n) is 7.51. The SMILES string of the molecule is O=C(CSc1nnc(NCc2ccccc2)s1)Nc1ccc2c(c1)C(=O)c1ccccc1C2=O. The van der Waals surface area contributed by atoms with Gasteiger partial charge in [-0.15, -0.1) is 10.2 Å². The molecule has 9 heteroatoms. The van der Waals surface area contributed by atoms with Crippen LogP contribution in [-0.2, 0) is 11.3 Å². The molecule has 0 saturated carbocycles. The van der Waals surface area contributed by atoms with E-state index in [2.05, 4.69) is 20.8 Å². The molecular formula is C25H18N4O3S2. The van der Waals surface area contributed by atoms with Gasteiger partial charge in [-0.3, -0.25) is 14.4 Å². The molecule has 7 nitrogen and oxygen atoms in total. The van der Waals surface area contributed by atoms with E-state index in [1.54, 1.807) is 42.5 Å². The number of carbonyl (C=O) groups is 3. The van der Waals surface area contributed by atoms with Crippen LogP contribution >= 0.6 is 23.1 Å². The van der Waals surface area contributed by atoms with Crippen molar-refractivity contribution in [2.75, 3.05) is 16.4 Å². The van der Waals surface area contributed by atoms with Gasteiger partial charge in [0.25, 0.3) is 0 Å². The lowest BCUT2D eigenvalue weighted by Gasteiger charge is -2.18. The summed E-state index contributed by atoms with van der Waals surface area (Å²) in [5.74, 6) is -0.513. The molecular weight excluding hydrogens is 468 g/mol. The number of benzene rings is 3. The van der Waals surface area contributed by atoms with Gasteiger partial charge in [-0.2, -0.15) is 0 Å². The molecule has 4 aromatic rings. The normalized spacial score (nSPS) is 12.1. The molecule has 1 amide bonds. The van der Waals surface area contributed by atoms with Crippen LogP contribution in [0.15, 0.2) is 77.1 Å². The van der Waals surface area contributed by atoms with Crippen molar-refractivity contribution in [3.05, 3.63) is 101 Å². The van der Waals surface area contributed by atoms with E-state index in [0.717, 1.165) is 5.56 Å². The van der Waals surface area contributed by atoms with Crippen molar-refractivity contribution in [2.45, 2.75) is 10.9 Å². The smallest absolute Gasteiger partial charge is 0.234 e. The molecule has 0 aliphatic heterocycles. The summed E-state index contributed by atoms with van der Waals surface area (Å²) in [7, 11) is 0. The predicted octanol–water partition coefficient (Wildman–Crippen LogP) is 4.66. The van der Waals surface area contributed by atoms with Gasteiger partial charge in [0.15, 0.2) is 15.9 Å². The molecule has 0 unspecified atom stereocenters. The van der Waals surface area contributed by atoms with Crippen LogP contribution in [0.4, 0.5) is 10.8 Å². The van der Waals surface area contributed by atoms with Crippen LogP contribution in [0.2, 0.25) is 0 Å².